The quantitative estimate of drug-likeness (QED) is 0.897. The third-order valence-corrected chi connectivity index (χ3v) is 3.59. The molecule has 0 bridgehead atoms. The van der Waals surface area contributed by atoms with Crippen LogP contribution < -0.4 is 5.32 Å². The Labute approximate surface area is 125 Å². The normalized spacial score (nSPS) is 11.8. The van der Waals surface area contributed by atoms with Gasteiger partial charge in [0.2, 0.25) is 0 Å². The van der Waals surface area contributed by atoms with Crippen LogP contribution in [0.15, 0.2) is 48.5 Å². The number of anilines is 1. The molecule has 2 aromatic rings. The van der Waals surface area contributed by atoms with Crippen LogP contribution in [0, 0.1) is 6.92 Å². The summed E-state index contributed by atoms with van der Waals surface area (Å²) in [6.45, 7) is 3.88. The van der Waals surface area contributed by atoms with Gasteiger partial charge < -0.3 is 15.3 Å². The van der Waals surface area contributed by atoms with Crippen LogP contribution in [-0.2, 0) is 0 Å². The number of nitrogens with zero attached hydrogens (tertiary/aromatic N) is 1. The van der Waals surface area contributed by atoms with E-state index < -0.39 is 0 Å². The van der Waals surface area contributed by atoms with Gasteiger partial charge >= 0.3 is 6.03 Å². The Balaban J connectivity index is 2.08. The lowest BCUT2D eigenvalue weighted by molar-refractivity contribution is 0.207. The van der Waals surface area contributed by atoms with Crippen molar-refractivity contribution in [1.29, 1.82) is 0 Å². The van der Waals surface area contributed by atoms with Crippen molar-refractivity contribution in [1.82, 2.24) is 4.90 Å². The summed E-state index contributed by atoms with van der Waals surface area (Å²) < 4.78 is 0. The fraction of sp³-hybridized carbons (Fsp3) is 0.235. The van der Waals surface area contributed by atoms with E-state index in [9.17, 15) is 9.90 Å². The second kappa shape index (κ2) is 6.31. The van der Waals surface area contributed by atoms with Crippen LogP contribution in [-0.4, -0.2) is 23.1 Å². The van der Waals surface area contributed by atoms with E-state index in [2.05, 4.69) is 5.32 Å². The first-order valence-electron chi connectivity index (χ1n) is 6.87. The summed E-state index contributed by atoms with van der Waals surface area (Å²) in [6, 6.07) is 14.2. The highest BCUT2D eigenvalue weighted by atomic mass is 16.3. The molecule has 2 aromatic carbocycles. The minimum Gasteiger partial charge on any atom is -0.508 e. The number of carbonyl (C=O) groups excluding carboxylic acids is 1. The molecule has 1 atom stereocenters. The van der Waals surface area contributed by atoms with Crippen molar-refractivity contribution in [2.45, 2.75) is 19.9 Å². The molecule has 4 heteroatoms. The van der Waals surface area contributed by atoms with E-state index in [1.54, 1.807) is 24.1 Å². The van der Waals surface area contributed by atoms with Gasteiger partial charge in [-0.3, -0.25) is 0 Å². The summed E-state index contributed by atoms with van der Waals surface area (Å²) in [5.41, 5.74) is 2.62. The van der Waals surface area contributed by atoms with E-state index in [0.29, 0.717) is 0 Å². The first-order chi connectivity index (χ1) is 9.99. The molecule has 110 valence electrons. The molecule has 21 heavy (non-hydrogen) atoms. The SMILES string of the molecule is Cc1ccc(NC(=O)N(C)C(C)c2ccccc2O)cc1. The van der Waals surface area contributed by atoms with Crippen molar-refractivity contribution in [3.63, 3.8) is 0 Å². The van der Waals surface area contributed by atoms with Crippen LogP contribution in [0.5, 0.6) is 5.75 Å². The smallest absolute Gasteiger partial charge is 0.322 e. The zero-order valence-corrected chi connectivity index (χ0v) is 12.5. The molecule has 0 radical (unpaired) electrons. The third kappa shape index (κ3) is 3.54. The highest BCUT2D eigenvalue weighted by Gasteiger charge is 2.19. The lowest BCUT2D eigenvalue weighted by atomic mass is 10.1. The van der Waals surface area contributed by atoms with Crippen LogP contribution in [0.4, 0.5) is 10.5 Å². The van der Waals surface area contributed by atoms with Crippen LogP contribution in [0.25, 0.3) is 0 Å². The van der Waals surface area contributed by atoms with Gasteiger partial charge in [-0.25, -0.2) is 4.79 Å². The van der Waals surface area contributed by atoms with E-state index in [1.807, 2.05) is 50.2 Å². The van der Waals surface area contributed by atoms with Crippen LogP contribution in [0.3, 0.4) is 0 Å². The first-order valence-corrected chi connectivity index (χ1v) is 6.87. The number of para-hydroxylation sites is 1. The van der Waals surface area contributed by atoms with Crippen molar-refractivity contribution >= 4 is 11.7 Å². The maximum absolute atomic E-state index is 12.3. The topological polar surface area (TPSA) is 52.6 Å². The highest BCUT2D eigenvalue weighted by Crippen LogP contribution is 2.27. The molecule has 0 heterocycles. The number of benzene rings is 2. The number of urea groups is 1. The van der Waals surface area contributed by atoms with Crippen molar-refractivity contribution in [2.24, 2.45) is 0 Å². The van der Waals surface area contributed by atoms with Gasteiger partial charge in [-0.05, 0) is 32.0 Å². The van der Waals surface area contributed by atoms with Crippen molar-refractivity contribution in [2.75, 3.05) is 12.4 Å². The van der Waals surface area contributed by atoms with Crippen molar-refractivity contribution < 1.29 is 9.90 Å². The summed E-state index contributed by atoms with van der Waals surface area (Å²) in [5, 5.41) is 12.7. The maximum Gasteiger partial charge on any atom is 0.322 e. The second-order valence-electron chi connectivity index (χ2n) is 5.14. The van der Waals surface area contributed by atoms with E-state index in [-0.39, 0.29) is 17.8 Å². The third-order valence-electron chi connectivity index (χ3n) is 3.59. The maximum atomic E-state index is 12.3. The van der Waals surface area contributed by atoms with Gasteiger partial charge in [-0.15, -0.1) is 0 Å². The van der Waals surface area contributed by atoms with Crippen LogP contribution in [0.1, 0.15) is 24.1 Å². The number of nitrogens with one attached hydrogen (secondary N) is 1. The van der Waals surface area contributed by atoms with Gasteiger partial charge in [-0.2, -0.15) is 0 Å². The molecular formula is C17H20N2O2. The number of rotatable bonds is 3. The summed E-state index contributed by atoms with van der Waals surface area (Å²) in [5.74, 6) is 0.194. The lowest BCUT2D eigenvalue weighted by Crippen LogP contribution is -2.33. The van der Waals surface area contributed by atoms with Crippen LogP contribution in [0.2, 0.25) is 0 Å². The van der Waals surface area contributed by atoms with Gasteiger partial charge in [0, 0.05) is 18.3 Å². The molecule has 0 aliphatic heterocycles. The minimum absolute atomic E-state index is 0.194. The van der Waals surface area contributed by atoms with E-state index in [1.165, 1.54) is 0 Å². The molecule has 1 unspecified atom stereocenters. The second-order valence-corrected chi connectivity index (χ2v) is 5.14. The number of phenolic OH excluding ortho intramolecular Hbond substituents is 1. The number of aryl methyl sites for hydroxylation is 1. The molecule has 0 saturated heterocycles. The number of aromatic hydroxyl groups is 1. The number of hydrogen-bond donors (Lipinski definition) is 2. The Kier molecular flexibility index (Phi) is 4.48. The van der Waals surface area contributed by atoms with Gasteiger partial charge in [0.05, 0.1) is 6.04 Å². The predicted molar refractivity (Wildman–Crippen MR) is 84.5 cm³/mol. The Morgan fingerprint density at radius 2 is 1.76 bits per heavy atom. The molecule has 0 aliphatic rings. The highest BCUT2D eigenvalue weighted by molar-refractivity contribution is 5.89. The minimum atomic E-state index is -0.225. The van der Waals surface area contributed by atoms with Crippen molar-refractivity contribution in [3.8, 4) is 5.75 Å². The van der Waals surface area contributed by atoms with E-state index in [4.69, 9.17) is 0 Å². The van der Waals surface area contributed by atoms with Crippen molar-refractivity contribution in [3.05, 3.63) is 59.7 Å². The molecule has 0 fully saturated rings. The predicted octanol–water partition coefficient (Wildman–Crippen LogP) is 3.93. The standard InChI is InChI=1S/C17H20N2O2/c1-12-8-10-14(11-9-12)18-17(21)19(3)13(2)15-6-4-5-7-16(15)20/h4-11,13,20H,1-3H3,(H,18,21). The summed E-state index contributed by atoms with van der Waals surface area (Å²) in [7, 11) is 1.71. The van der Waals surface area contributed by atoms with Gasteiger partial charge in [0.1, 0.15) is 5.75 Å². The van der Waals surface area contributed by atoms with Gasteiger partial charge in [-0.1, -0.05) is 35.9 Å². The molecule has 0 saturated carbocycles. The Bertz CT molecular complexity index is 623. The fourth-order valence-corrected chi connectivity index (χ4v) is 2.07. The molecular weight excluding hydrogens is 264 g/mol. The molecule has 0 aromatic heterocycles. The summed E-state index contributed by atoms with van der Waals surface area (Å²) in [4.78, 5) is 13.8. The first kappa shape index (κ1) is 14.9. The number of phenols is 1. The molecule has 2 N–H and O–H groups in total. The Morgan fingerprint density at radius 3 is 2.38 bits per heavy atom. The molecule has 2 amide bonds. The molecule has 4 nitrogen and oxygen atoms in total. The zero-order valence-electron chi connectivity index (χ0n) is 12.5. The molecule has 0 aliphatic carbocycles. The summed E-state index contributed by atoms with van der Waals surface area (Å²) >= 11 is 0. The number of amides is 2. The zero-order chi connectivity index (χ0) is 15.4. The average molecular weight is 284 g/mol. The Morgan fingerprint density at radius 1 is 1.14 bits per heavy atom. The number of hydrogen-bond acceptors (Lipinski definition) is 2. The lowest BCUT2D eigenvalue weighted by Gasteiger charge is -2.26. The average Bonchev–Trinajstić information content (AvgIpc) is 2.48. The molecule has 2 rings (SSSR count). The Hall–Kier alpha value is -2.49. The van der Waals surface area contributed by atoms with E-state index in [0.717, 1.165) is 16.8 Å². The fourth-order valence-electron chi connectivity index (χ4n) is 2.07. The van der Waals surface area contributed by atoms with Gasteiger partial charge in [0.15, 0.2) is 0 Å². The van der Waals surface area contributed by atoms with E-state index >= 15 is 0 Å². The largest absolute Gasteiger partial charge is 0.508 e. The monoisotopic (exact) mass is 284 g/mol. The van der Waals surface area contributed by atoms with Gasteiger partial charge in [0.25, 0.3) is 0 Å². The number of carbonyl (C=O) groups is 1. The molecule has 0 spiro atoms. The summed E-state index contributed by atoms with van der Waals surface area (Å²) in [6.07, 6.45) is 0. The van der Waals surface area contributed by atoms with Crippen LogP contribution >= 0.6 is 0 Å².